The van der Waals surface area contributed by atoms with E-state index in [4.69, 9.17) is 14.5 Å². The molecule has 3 heterocycles. The fourth-order valence-electron chi connectivity index (χ4n) is 4.60. The molecule has 9 heteroatoms. The molecule has 3 aromatic rings. The molecule has 0 amide bonds. The first-order valence-electron chi connectivity index (χ1n) is 12.0. The first-order chi connectivity index (χ1) is 17.3. The second-order valence-corrected chi connectivity index (χ2v) is 10.1. The van der Waals surface area contributed by atoms with E-state index < -0.39 is 11.7 Å². The summed E-state index contributed by atoms with van der Waals surface area (Å²) in [4.78, 5) is 9.22. The highest BCUT2D eigenvalue weighted by atomic mass is 32.1. The molecule has 0 saturated carbocycles. The summed E-state index contributed by atoms with van der Waals surface area (Å²) in [5, 5.41) is 2.92. The van der Waals surface area contributed by atoms with Gasteiger partial charge in [0.2, 0.25) is 6.79 Å². The summed E-state index contributed by atoms with van der Waals surface area (Å²) in [6.45, 7) is 7.82. The summed E-state index contributed by atoms with van der Waals surface area (Å²) in [6, 6.07) is 11.3. The summed E-state index contributed by atoms with van der Waals surface area (Å²) < 4.78 is 50.8. The van der Waals surface area contributed by atoms with Gasteiger partial charge in [-0.1, -0.05) is 30.8 Å². The van der Waals surface area contributed by atoms with E-state index in [0.717, 1.165) is 54.0 Å². The number of ether oxygens (including phenoxy) is 2. The van der Waals surface area contributed by atoms with Crippen LogP contribution in [0.2, 0.25) is 0 Å². The van der Waals surface area contributed by atoms with E-state index in [9.17, 15) is 13.2 Å². The Bertz CT molecular complexity index is 1220. The van der Waals surface area contributed by atoms with Crippen molar-refractivity contribution in [3.05, 3.63) is 81.8 Å². The maximum absolute atomic E-state index is 13.3. The van der Waals surface area contributed by atoms with Gasteiger partial charge in [0.05, 0.1) is 23.5 Å². The van der Waals surface area contributed by atoms with Crippen LogP contribution < -0.4 is 9.47 Å². The monoisotopic (exact) mass is 515 g/mol. The third kappa shape index (κ3) is 5.84. The third-order valence-electron chi connectivity index (χ3n) is 6.45. The van der Waals surface area contributed by atoms with Crippen LogP contribution in [0.15, 0.2) is 54.4 Å². The van der Waals surface area contributed by atoms with Crippen molar-refractivity contribution in [2.75, 3.05) is 19.9 Å². The van der Waals surface area contributed by atoms with E-state index in [1.54, 1.807) is 17.4 Å². The molecule has 5 rings (SSSR count). The number of benzene rings is 2. The molecule has 190 valence electrons. The van der Waals surface area contributed by atoms with E-state index >= 15 is 0 Å². The van der Waals surface area contributed by atoms with Crippen LogP contribution in [0.4, 0.5) is 13.2 Å². The van der Waals surface area contributed by atoms with Crippen molar-refractivity contribution in [1.29, 1.82) is 0 Å². The molecule has 0 spiro atoms. The molecule has 0 radical (unpaired) electrons. The average molecular weight is 516 g/mol. The van der Waals surface area contributed by atoms with Gasteiger partial charge in [-0.25, -0.2) is 4.98 Å². The molecule has 1 fully saturated rings. The number of nitrogens with zero attached hydrogens (tertiary/aromatic N) is 3. The van der Waals surface area contributed by atoms with Crippen LogP contribution in [0.1, 0.15) is 46.7 Å². The van der Waals surface area contributed by atoms with Gasteiger partial charge >= 0.3 is 6.18 Å². The predicted octanol–water partition coefficient (Wildman–Crippen LogP) is 6.55. The fraction of sp³-hybridized carbons (Fsp3) is 0.370. The second-order valence-electron chi connectivity index (χ2n) is 9.15. The van der Waals surface area contributed by atoms with Crippen molar-refractivity contribution in [3.63, 3.8) is 0 Å². The Morgan fingerprint density at radius 3 is 2.50 bits per heavy atom. The molecule has 0 aliphatic carbocycles. The Labute approximate surface area is 212 Å². The van der Waals surface area contributed by atoms with Gasteiger partial charge in [0, 0.05) is 31.6 Å². The number of hydrogen-bond donors (Lipinski definition) is 0. The number of halogens is 3. The van der Waals surface area contributed by atoms with Crippen LogP contribution >= 0.6 is 11.3 Å². The lowest BCUT2D eigenvalue weighted by atomic mass is 10.1. The third-order valence-corrected chi connectivity index (χ3v) is 7.28. The maximum atomic E-state index is 13.3. The van der Waals surface area contributed by atoms with E-state index in [1.165, 1.54) is 18.6 Å². The first-order valence-corrected chi connectivity index (χ1v) is 12.9. The zero-order valence-electron chi connectivity index (χ0n) is 19.9. The molecule has 1 aromatic heterocycles. The van der Waals surface area contributed by atoms with Crippen LogP contribution in [0.25, 0.3) is 5.70 Å². The molecule has 2 aliphatic rings. The fourth-order valence-corrected chi connectivity index (χ4v) is 5.45. The summed E-state index contributed by atoms with van der Waals surface area (Å²) in [5.41, 5.74) is 2.76. The van der Waals surface area contributed by atoms with Gasteiger partial charge in [-0.15, -0.1) is 11.3 Å². The minimum absolute atomic E-state index is 0.190. The van der Waals surface area contributed by atoms with Crippen LogP contribution in [-0.2, 0) is 25.8 Å². The van der Waals surface area contributed by atoms with Crippen LogP contribution in [-0.4, -0.2) is 34.7 Å². The Morgan fingerprint density at radius 2 is 1.72 bits per heavy atom. The molecule has 2 aromatic carbocycles. The lowest BCUT2D eigenvalue weighted by Crippen LogP contribution is -2.28. The van der Waals surface area contributed by atoms with Crippen molar-refractivity contribution >= 4 is 17.0 Å². The number of piperidine rings is 1. The molecule has 0 atom stereocenters. The van der Waals surface area contributed by atoms with Gasteiger partial charge in [-0.2, -0.15) is 13.2 Å². The highest BCUT2D eigenvalue weighted by molar-refractivity contribution is 7.09. The number of rotatable bonds is 8. The van der Waals surface area contributed by atoms with Gasteiger partial charge in [0.25, 0.3) is 0 Å². The molecule has 5 nitrogen and oxygen atoms in total. The Hall–Kier alpha value is -3.04. The lowest BCUT2D eigenvalue weighted by Gasteiger charge is -2.29. The summed E-state index contributed by atoms with van der Waals surface area (Å²) in [5.74, 6) is 1.38. The predicted molar refractivity (Wildman–Crippen MR) is 134 cm³/mol. The van der Waals surface area contributed by atoms with Crippen molar-refractivity contribution in [1.82, 2.24) is 14.8 Å². The largest absolute Gasteiger partial charge is 0.454 e. The number of thiazole rings is 1. The molecule has 0 bridgehead atoms. The number of fused-ring (bicyclic) bond motifs is 1. The highest BCUT2D eigenvalue weighted by Gasteiger charge is 2.30. The van der Waals surface area contributed by atoms with Gasteiger partial charge in [-0.3, -0.25) is 4.90 Å². The minimum atomic E-state index is -4.38. The molecule has 1 saturated heterocycles. The zero-order chi connectivity index (χ0) is 25.1. The van der Waals surface area contributed by atoms with Crippen LogP contribution in [0.5, 0.6) is 11.5 Å². The summed E-state index contributed by atoms with van der Waals surface area (Å²) in [6.07, 6.45) is -0.805. The first kappa shape index (κ1) is 24.6. The minimum Gasteiger partial charge on any atom is -0.454 e. The van der Waals surface area contributed by atoms with E-state index in [2.05, 4.69) is 16.4 Å². The molecular weight excluding hydrogens is 487 g/mol. The standard InChI is InChI=1S/C27H28F3N3O2S/c1-19(33-10-3-2-4-11-33)23-17-36-26(31-23)16-32(14-20-6-5-7-22(12-20)27(28,29)30)15-21-8-9-24-25(13-21)35-18-34-24/h5-9,12-13,17H,1-4,10-11,14-16,18H2. The number of likely N-dealkylation sites (tertiary alicyclic amines) is 1. The highest BCUT2D eigenvalue weighted by Crippen LogP contribution is 2.34. The Morgan fingerprint density at radius 1 is 0.972 bits per heavy atom. The molecular formula is C27H28F3N3O2S. The SMILES string of the molecule is C=C(c1csc(CN(Cc2cccc(C(F)(F)F)c2)Cc2ccc3c(c2)OCO3)n1)N1CCCCC1. The van der Waals surface area contributed by atoms with E-state index in [-0.39, 0.29) is 6.79 Å². The number of aromatic nitrogens is 1. The summed E-state index contributed by atoms with van der Waals surface area (Å²) >= 11 is 1.55. The van der Waals surface area contributed by atoms with Crippen molar-refractivity contribution in [2.24, 2.45) is 0 Å². The smallest absolute Gasteiger partial charge is 0.416 e. The van der Waals surface area contributed by atoms with Crippen molar-refractivity contribution in [3.8, 4) is 11.5 Å². The van der Waals surface area contributed by atoms with E-state index in [1.807, 2.05) is 23.6 Å². The van der Waals surface area contributed by atoms with Crippen molar-refractivity contribution in [2.45, 2.75) is 45.1 Å². The Balaban J connectivity index is 1.35. The van der Waals surface area contributed by atoms with Gasteiger partial charge in [0.1, 0.15) is 5.01 Å². The van der Waals surface area contributed by atoms with Crippen LogP contribution in [0, 0.1) is 0 Å². The number of alkyl halides is 3. The normalized spacial score (nSPS) is 15.5. The molecule has 36 heavy (non-hydrogen) atoms. The average Bonchev–Trinajstić information content (AvgIpc) is 3.53. The molecule has 0 N–H and O–H groups in total. The lowest BCUT2D eigenvalue weighted by molar-refractivity contribution is -0.137. The molecule has 2 aliphatic heterocycles. The summed E-state index contributed by atoms with van der Waals surface area (Å²) in [7, 11) is 0. The van der Waals surface area contributed by atoms with Crippen LogP contribution in [0.3, 0.4) is 0 Å². The van der Waals surface area contributed by atoms with E-state index in [0.29, 0.717) is 36.7 Å². The van der Waals surface area contributed by atoms with Gasteiger partial charge in [-0.05, 0) is 48.6 Å². The quantitative estimate of drug-likeness (QED) is 0.340. The van der Waals surface area contributed by atoms with Gasteiger partial charge < -0.3 is 14.4 Å². The molecule has 0 unspecified atom stereocenters. The van der Waals surface area contributed by atoms with Gasteiger partial charge in [0.15, 0.2) is 11.5 Å². The second kappa shape index (κ2) is 10.5. The van der Waals surface area contributed by atoms with Crippen molar-refractivity contribution < 1.29 is 22.6 Å². The topological polar surface area (TPSA) is 37.8 Å². The maximum Gasteiger partial charge on any atom is 0.416 e. The zero-order valence-corrected chi connectivity index (χ0v) is 20.7. The number of hydrogen-bond acceptors (Lipinski definition) is 6. The Kier molecular flexibility index (Phi) is 7.20.